The van der Waals surface area contributed by atoms with E-state index in [1.165, 1.54) is 128 Å². The zero-order valence-electron chi connectivity index (χ0n) is 50.9. The van der Waals surface area contributed by atoms with Gasteiger partial charge in [-0.1, -0.05) is 284 Å². The minimum absolute atomic E-state index is 0.0839. The first-order valence-corrected chi connectivity index (χ1v) is 32.5. The summed E-state index contributed by atoms with van der Waals surface area (Å²) in [6, 6.07) is 0. The van der Waals surface area contributed by atoms with Crippen LogP contribution in [0.3, 0.4) is 0 Å². The first kappa shape index (κ1) is 73.8. The zero-order valence-corrected chi connectivity index (χ0v) is 50.9. The van der Waals surface area contributed by atoms with E-state index in [9.17, 15) is 14.4 Å². The Hall–Kier alpha value is -4.19. The quantitative estimate of drug-likeness (QED) is 0.0261. The molecular formula is C72H120O6. The van der Waals surface area contributed by atoms with Crippen molar-refractivity contribution in [2.45, 2.75) is 303 Å². The highest BCUT2D eigenvalue weighted by Crippen LogP contribution is 2.15. The van der Waals surface area contributed by atoms with Gasteiger partial charge in [0.1, 0.15) is 13.2 Å². The average Bonchev–Trinajstić information content (AvgIpc) is 3.44. The highest BCUT2D eigenvalue weighted by atomic mass is 16.6. The minimum atomic E-state index is -0.788. The van der Waals surface area contributed by atoms with Crippen molar-refractivity contribution >= 4 is 17.9 Å². The van der Waals surface area contributed by atoms with E-state index in [1.807, 2.05) is 0 Å². The summed E-state index contributed by atoms with van der Waals surface area (Å²) in [6.07, 6.45) is 90.6. The third-order valence-corrected chi connectivity index (χ3v) is 13.7. The van der Waals surface area contributed by atoms with Crippen molar-refractivity contribution in [3.05, 3.63) is 122 Å². The second kappa shape index (κ2) is 65.3. The van der Waals surface area contributed by atoms with E-state index in [2.05, 4.69) is 142 Å². The van der Waals surface area contributed by atoms with Crippen LogP contribution in [-0.4, -0.2) is 37.2 Å². The maximum absolute atomic E-state index is 12.9. The number of rotatable bonds is 58. The van der Waals surface area contributed by atoms with Gasteiger partial charge in [0.05, 0.1) is 0 Å². The van der Waals surface area contributed by atoms with Crippen molar-refractivity contribution in [1.82, 2.24) is 0 Å². The van der Waals surface area contributed by atoms with Crippen LogP contribution < -0.4 is 0 Å². The Balaban J connectivity index is 4.28. The molecule has 6 nitrogen and oxygen atoms in total. The van der Waals surface area contributed by atoms with Gasteiger partial charge >= 0.3 is 17.9 Å². The molecule has 0 fully saturated rings. The van der Waals surface area contributed by atoms with Crippen LogP contribution in [0.5, 0.6) is 0 Å². The third-order valence-electron chi connectivity index (χ3n) is 13.7. The fourth-order valence-electron chi connectivity index (χ4n) is 8.84. The Bertz CT molecular complexity index is 1620. The second-order valence-electron chi connectivity index (χ2n) is 21.3. The van der Waals surface area contributed by atoms with E-state index < -0.39 is 6.10 Å². The number of unbranched alkanes of at least 4 members (excludes halogenated alkanes) is 27. The highest BCUT2D eigenvalue weighted by molar-refractivity contribution is 5.71. The Morgan fingerprint density at radius 2 is 0.500 bits per heavy atom. The van der Waals surface area contributed by atoms with E-state index >= 15 is 0 Å². The summed E-state index contributed by atoms with van der Waals surface area (Å²) in [6.45, 7) is 6.49. The van der Waals surface area contributed by atoms with Crippen LogP contribution in [0.25, 0.3) is 0 Å². The fourth-order valence-corrected chi connectivity index (χ4v) is 8.84. The molecule has 0 saturated carbocycles. The first-order chi connectivity index (χ1) is 38.5. The van der Waals surface area contributed by atoms with Gasteiger partial charge in [0.2, 0.25) is 0 Å². The SMILES string of the molecule is CC/C=C\C/C=C\C/C=C\C/C=C\C/C=C\C/C=C\C/C=C\C/C=C\CCCCCCCCC(=O)OCC(COC(=O)CCCCCCCCCCCC)OC(=O)CCCCCCCCCCC/C=C\C/C=C\CCCCC. The van der Waals surface area contributed by atoms with Gasteiger partial charge in [-0.25, -0.2) is 0 Å². The Kier molecular flexibility index (Phi) is 61.8. The molecule has 0 radical (unpaired) electrons. The maximum Gasteiger partial charge on any atom is 0.306 e. The van der Waals surface area contributed by atoms with Gasteiger partial charge in [0, 0.05) is 19.3 Å². The minimum Gasteiger partial charge on any atom is -0.462 e. The molecule has 0 rings (SSSR count). The van der Waals surface area contributed by atoms with E-state index in [4.69, 9.17) is 14.2 Å². The Labute approximate surface area is 482 Å². The van der Waals surface area contributed by atoms with E-state index in [-0.39, 0.29) is 31.1 Å². The molecule has 0 N–H and O–H groups in total. The molecule has 0 aromatic rings. The van der Waals surface area contributed by atoms with E-state index in [0.717, 1.165) is 128 Å². The molecule has 78 heavy (non-hydrogen) atoms. The van der Waals surface area contributed by atoms with Crippen molar-refractivity contribution < 1.29 is 28.6 Å². The summed E-state index contributed by atoms with van der Waals surface area (Å²) in [7, 11) is 0. The number of hydrogen-bond acceptors (Lipinski definition) is 6. The molecule has 6 heteroatoms. The van der Waals surface area contributed by atoms with Crippen LogP contribution in [0.15, 0.2) is 122 Å². The van der Waals surface area contributed by atoms with Crippen LogP contribution in [0.2, 0.25) is 0 Å². The van der Waals surface area contributed by atoms with Crippen molar-refractivity contribution in [3.8, 4) is 0 Å². The van der Waals surface area contributed by atoms with Crippen molar-refractivity contribution in [3.63, 3.8) is 0 Å². The van der Waals surface area contributed by atoms with Gasteiger partial charge in [-0.15, -0.1) is 0 Å². The molecule has 0 heterocycles. The third kappa shape index (κ3) is 62.7. The van der Waals surface area contributed by atoms with Gasteiger partial charge in [-0.05, 0) is 116 Å². The number of esters is 3. The molecule has 1 atom stereocenters. The molecule has 0 aromatic carbocycles. The Morgan fingerprint density at radius 3 is 0.808 bits per heavy atom. The average molecular weight is 1080 g/mol. The predicted molar refractivity (Wildman–Crippen MR) is 339 cm³/mol. The molecule has 0 aromatic heterocycles. The molecule has 0 aliphatic heterocycles. The maximum atomic E-state index is 12.9. The van der Waals surface area contributed by atoms with Crippen LogP contribution in [-0.2, 0) is 28.6 Å². The zero-order chi connectivity index (χ0) is 56.4. The lowest BCUT2D eigenvalue weighted by Gasteiger charge is -2.18. The molecule has 0 aliphatic rings. The smallest absolute Gasteiger partial charge is 0.306 e. The normalized spacial score (nSPS) is 12.9. The molecule has 0 amide bonds. The summed E-state index contributed by atoms with van der Waals surface area (Å²) in [5.74, 6) is -0.900. The summed E-state index contributed by atoms with van der Waals surface area (Å²) < 4.78 is 16.9. The first-order valence-electron chi connectivity index (χ1n) is 32.5. The lowest BCUT2D eigenvalue weighted by Crippen LogP contribution is -2.30. The number of ether oxygens (including phenoxy) is 3. The summed E-state index contributed by atoms with van der Waals surface area (Å²) in [5.41, 5.74) is 0. The molecule has 444 valence electrons. The standard InChI is InChI=1S/C72H120O6/c1-4-7-10-13-16-19-22-24-26-28-30-31-32-33-34-35-36-37-38-39-40-41-43-44-46-48-50-53-56-59-62-65-71(74)77-68-69(67-76-70(73)64-61-58-55-52-21-18-15-12-9-6-3)78-72(75)66-63-60-57-54-51-49-47-45-42-29-27-25-23-20-17-14-11-8-5-2/h7,10,16-17,19-20,24-27,30-31,33-34,36-37,39-40,43-44,69H,4-6,8-9,11-15,18,21-23,28-29,32,35,38,41-42,45-68H2,1-3H3/b10-7-,19-16-,20-17-,26-24-,27-25-,31-30-,34-33-,37-36-,40-39-,44-43-. The van der Waals surface area contributed by atoms with Gasteiger partial charge in [0.15, 0.2) is 6.10 Å². The van der Waals surface area contributed by atoms with Gasteiger partial charge < -0.3 is 14.2 Å². The topological polar surface area (TPSA) is 78.9 Å². The second-order valence-corrected chi connectivity index (χ2v) is 21.3. The summed E-state index contributed by atoms with van der Waals surface area (Å²) >= 11 is 0. The molecule has 1 unspecified atom stereocenters. The molecule has 0 aliphatic carbocycles. The summed E-state index contributed by atoms with van der Waals surface area (Å²) in [5, 5.41) is 0. The summed E-state index contributed by atoms with van der Waals surface area (Å²) in [4.78, 5) is 38.2. The fraction of sp³-hybridized carbons (Fsp3) is 0.681. The predicted octanol–water partition coefficient (Wildman–Crippen LogP) is 22.4. The lowest BCUT2D eigenvalue weighted by atomic mass is 10.1. The molecular weight excluding hydrogens is 961 g/mol. The number of carbonyl (C=O) groups is 3. The van der Waals surface area contributed by atoms with Gasteiger partial charge in [-0.3, -0.25) is 14.4 Å². The number of hydrogen-bond donors (Lipinski definition) is 0. The molecule has 0 saturated heterocycles. The van der Waals surface area contributed by atoms with Crippen molar-refractivity contribution in [1.29, 1.82) is 0 Å². The van der Waals surface area contributed by atoms with Crippen LogP contribution in [0, 0.1) is 0 Å². The van der Waals surface area contributed by atoms with Crippen LogP contribution in [0.4, 0.5) is 0 Å². The highest BCUT2D eigenvalue weighted by Gasteiger charge is 2.19. The largest absolute Gasteiger partial charge is 0.462 e. The van der Waals surface area contributed by atoms with Gasteiger partial charge in [-0.2, -0.15) is 0 Å². The Morgan fingerprint density at radius 1 is 0.269 bits per heavy atom. The van der Waals surface area contributed by atoms with E-state index in [1.54, 1.807) is 0 Å². The van der Waals surface area contributed by atoms with Crippen molar-refractivity contribution in [2.75, 3.05) is 13.2 Å². The van der Waals surface area contributed by atoms with Gasteiger partial charge in [0.25, 0.3) is 0 Å². The van der Waals surface area contributed by atoms with Crippen molar-refractivity contribution in [2.24, 2.45) is 0 Å². The van der Waals surface area contributed by atoms with Crippen LogP contribution >= 0.6 is 0 Å². The number of carbonyl (C=O) groups excluding carboxylic acids is 3. The molecule has 0 spiro atoms. The lowest BCUT2D eigenvalue weighted by molar-refractivity contribution is -0.167. The van der Waals surface area contributed by atoms with E-state index in [0.29, 0.717) is 19.3 Å². The monoisotopic (exact) mass is 1080 g/mol. The number of allylic oxidation sites excluding steroid dienone is 20. The molecule has 0 bridgehead atoms. The van der Waals surface area contributed by atoms with Crippen LogP contribution in [0.1, 0.15) is 297 Å².